The van der Waals surface area contributed by atoms with E-state index in [1.54, 1.807) is 23.5 Å². The van der Waals surface area contributed by atoms with Crippen LogP contribution in [-0.4, -0.2) is 5.11 Å². The third kappa shape index (κ3) is 12.1. The van der Waals surface area contributed by atoms with Gasteiger partial charge in [0.2, 0.25) is 0 Å². The number of terminal acetylenes is 1. The first-order valence-corrected chi connectivity index (χ1v) is 12.7. The summed E-state index contributed by atoms with van der Waals surface area (Å²) >= 11 is 1.57. The highest BCUT2D eigenvalue weighted by Crippen LogP contribution is 2.29. The molecule has 2 heteroatoms. The lowest BCUT2D eigenvalue weighted by molar-refractivity contribution is 0.277. The molecule has 1 heterocycles. The molecule has 1 unspecified atom stereocenters. The Bertz CT molecular complexity index is 678. The van der Waals surface area contributed by atoms with Gasteiger partial charge in [-0.1, -0.05) is 92.9 Å². The van der Waals surface area contributed by atoms with Crippen LogP contribution in [-0.2, 0) is 0 Å². The van der Waals surface area contributed by atoms with Gasteiger partial charge in [0, 0.05) is 4.88 Å². The van der Waals surface area contributed by atoms with Crippen molar-refractivity contribution in [1.29, 1.82) is 0 Å². The summed E-state index contributed by atoms with van der Waals surface area (Å²) in [6.07, 6.45) is 14.2. The van der Waals surface area contributed by atoms with Gasteiger partial charge in [-0.25, -0.2) is 0 Å². The Morgan fingerprint density at radius 3 is 1.60 bits per heavy atom. The number of hydrogen-bond acceptors (Lipinski definition) is 2. The molecule has 0 saturated heterocycles. The van der Waals surface area contributed by atoms with Crippen LogP contribution in [0.2, 0.25) is 0 Å². The minimum absolute atomic E-state index is 0.280. The summed E-state index contributed by atoms with van der Waals surface area (Å²) in [6, 6.07) is 11.0. The van der Waals surface area contributed by atoms with Crippen molar-refractivity contribution >= 4 is 11.3 Å². The molecule has 0 radical (unpaired) electrons. The van der Waals surface area contributed by atoms with E-state index in [2.05, 4.69) is 26.7 Å². The summed E-state index contributed by atoms with van der Waals surface area (Å²) in [6.45, 7) is 15.0. The fourth-order valence-electron chi connectivity index (χ4n) is 2.86. The van der Waals surface area contributed by atoms with Crippen LogP contribution in [0.3, 0.4) is 0 Å². The number of benzene rings is 1. The van der Waals surface area contributed by atoms with E-state index in [0.717, 1.165) is 33.1 Å². The van der Waals surface area contributed by atoms with Crippen molar-refractivity contribution in [2.45, 2.75) is 87.0 Å². The number of phenolic OH excluding ortho intramolecular Hbond substituents is 1. The van der Waals surface area contributed by atoms with Gasteiger partial charge >= 0.3 is 0 Å². The van der Waals surface area contributed by atoms with E-state index in [9.17, 15) is 0 Å². The smallest absolute Gasteiger partial charge is 0.115 e. The monoisotopic (exact) mass is 428 g/mol. The second-order valence-electron chi connectivity index (χ2n) is 7.78. The molecule has 1 aromatic carbocycles. The molecule has 2 aliphatic carbocycles. The molecule has 0 bridgehead atoms. The first kappa shape index (κ1) is 28.3. The molecule has 2 saturated carbocycles. The summed E-state index contributed by atoms with van der Waals surface area (Å²) in [4.78, 5) is 2.05. The highest BCUT2D eigenvalue weighted by molar-refractivity contribution is 7.16. The summed E-state index contributed by atoms with van der Waals surface area (Å²) in [5, 5.41) is 9.13. The molecule has 1 nitrogen and oxygen atoms in total. The molecule has 1 N–H and O–H groups in total. The van der Waals surface area contributed by atoms with Crippen molar-refractivity contribution in [2.75, 3.05) is 0 Å². The minimum Gasteiger partial charge on any atom is -0.508 e. The first-order chi connectivity index (χ1) is 14.5. The van der Waals surface area contributed by atoms with Crippen molar-refractivity contribution in [1.82, 2.24) is 0 Å². The molecule has 0 aliphatic heterocycles. The van der Waals surface area contributed by atoms with E-state index in [1.807, 2.05) is 52.0 Å². The molecule has 2 fully saturated rings. The largest absolute Gasteiger partial charge is 0.508 e. The number of rotatable bonds is 1. The van der Waals surface area contributed by atoms with Crippen LogP contribution >= 0.6 is 11.3 Å². The van der Waals surface area contributed by atoms with Crippen molar-refractivity contribution in [3.05, 3.63) is 41.3 Å². The van der Waals surface area contributed by atoms with Crippen molar-refractivity contribution in [2.24, 2.45) is 17.8 Å². The van der Waals surface area contributed by atoms with Gasteiger partial charge in [-0.15, -0.1) is 17.8 Å². The lowest BCUT2D eigenvalue weighted by Crippen LogP contribution is -2.12. The third-order valence-corrected chi connectivity index (χ3v) is 6.37. The topological polar surface area (TPSA) is 20.2 Å². The summed E-state index contributed by atoms with van der Waals surface area (Å²) in [7, 11) is 0. The van der Waals surface area contributed by atoms with Crippen LogP contribution < -0.4 is 0 Å². The number of phenols is 1. The average Bonchev–Trinajstić information content (AvgIpc) is 3.42. The van der Waals surface area contributed by atoms with Gasteiger partial charge in [-0.05, 0) is 59.7 Å². The van der Waals surface area contributed by atoms with Gasteiger partial charge in [0.1, 0.15) is 5.75 Å². The highest BCUT2D eigenvalue weighted by atomic mass is 32.1. The van der Waals surface area contributed by atoms with E-state index in [-0.39, 0.29) is 5.75 Å². The second kappa shape index (κ2) is 17.0. The lowest BCUT2D eigenvalue weighted by Gasteiger charge is -2.24. The average molecular weight is 429 g/mol. The van der Waals surface area contributed by atoms with Crippen LogP contribution in [0, 0.1) is 30.1 Å². The number of hydrogen-bond donors (Lipinski definition) is 1. The SMILES string of the molecule is C#Cc1ccc(-c2ccc(O)cc2)s1.CC.CC.CC1CC1.CC1CCCC[C@@H]1C. The highest BCUT2D eigenvalue weighted by Gasteiger charge is 2.15. The lowest BCUT2D eigenvalue weighted by atomic mass is 9.82. The Hall–Kier alpha value is -1.72. The Balaban J connectivity index is 0.000000443. The van der Waals surface area contributed by atoms with Crippen LogP contribution in [0.5, 0.6) is 5.75 Å². The van der Waals surface area contributed by atoms with E-state index in [0.29, 0.717) is 0 Å². The summed E-state index contributed by atoms with van der Waals surface area (Å²) < 4.78 is 0. The van der Waals surface area contributed by atoms with Crippen LogP contribution in [0.1, 0.15) is 91.9 Å². The molecule has 168 valence electrons. The molecule has 2 atom stereocenters. The summed E-state index contributed by atoms with van der Waals surface area (Å²) in [5.74, 6) is 5.97. The summed E-state index contributed by atoms with van der Waals surface area (Å²) in [5.41, 5.74) is 1.08. The Morgan fingerprint density at radius 2 is 1.27 bits per heavy atom. The number of aromatic hydroxyl groups is 1. The second-order valence-corrected chi connectivity index (χ2v) is 8.86. The maximum Gasteiger partial charge on any atom is 0.115 e. The van der Waals surface area contributed by atoms with E-state index >= 15 is 0 Å². The van der Waals surface area contributed by atoms with Gasteiger partial charge < -0.3 is 5.11 Å². The maximum absolute atomic E-state index is 9.13. The molecule has 2 aromatic rings. The van der Waals surface area contributed by atoms with Crippen molar-refractivity contribution < 1.29 is 5.11 Å². The Labute approximate surface area is 191 Å². The molecular formula is C28H44OS. The molecule has 2 aliphatic rings. The van der Waals surface area contributed by atoms with Gasteiger partial charge in [-0.3, -0.25) is 0 Å². The molecule has 1 aromatic heterocycles. The predicted molar refractivity (Wildman–Crippen MR) is 137 cm³/mol. The van der Waals surface area contributed by atoms with E-state index < -0.39 is 0 Å². The fourth-order valence-corrected chi connectivity index (χ4v) is 3.69. The fraction of sp³-hybridized carbons (Fsp3) is 0.571. The van der Waals surface area contributed by atoms with Crippen molar-refractivity contribution in [3.8, 4) is 28.5 Å². The van der Waals surface area contributed by atoms with Gasteiger partial charge in [0.15, 0.2) is 0 Å². The van der Waals surface area contributed by atoms with Crippen molar-refractivity contribution in [3.63, 3.8) is 0 Å². The van der Waals surface area contributed by atoms with Crippen LogP contribution in [0.4, 0.5) is 0 Å². The molecule has 0 amide bonds. The Morgan fingerprint density at radius 1 is 0.800 bits per heavy atom. The quantitative estimate of drug-likeness (QED) is 0.448. The van der Waals surface area contributed by atoms with Crippen LogP contribution in [0.25, 0.3) is 10.4 Å². The maximum atomic E-state index is 9.13. The predicted octanol–water partition coefficient (Wildman–Crippen LogP) is 9.40. The van der Waals surface area contributed by atoms with E-state index in [1.165, 1.54) is 38.5 Å². The number of thiophene rings is 1. The standard InChI is InChI=1S/C12H8OS.C8H16.C4H8.2C2H6/c1-2-11-7-8-12(14-11)9-3-5-10(13)6-4-9;1-7-5-3-4-6-8(7)2;1-4-2-3-4;2*1-2/h1,3-8,13H;7-8H,3-6H2,1-2H3;4H,2-3H2,1H3;2*1-2H3/t;7-,8?;;;/m.0.../s1. The minimum atomic E-state index is 0.280. The third-order valence-electron chi connectivity index (χ3n) is 5.31. The Kier molecular flexibility index (Phi) is 16.0. The zero-order valence-corrected chi connectivity index (χ0v) is 21.2. The molecular weight excluding hydrogens is 384 g/mol. The molecule has 4 rings (SSSR count). The van der Waals surface area contributed by atoms with E-state index in [4.69, 9.17) is 11.5 Å². The van der Waals surface area contributed by atoms with Gasteiger partial charge in [-0.2, -0.15) is 0 Å². The van der Waals surface area contributed by atoms with Gasteiger partial charge in [0.25, 0.3) is 0 Å². The van der Waals surface area contributed by atoms with Crippen LogP contribution in [0.15, 0.2) is 36.4 Å². The molecule has 0 spiro atoms. The normalized spacial score (nSPS) is 19.0. The first-order valence-electron chi connectivity index (χ1n) is 11.9. The molecule has 30 heavy (non-hydrogen) atoms. The zero-order valence-electron chi connectivity index (χ0n) is 20.4. The zero-order chi connectivity index (χ0) is 22.9. The van der Waals surface area contributed by atoms with Gasteiger partial charge in [0.05, 0.1) is 4.88 Å².